The summed E-state index contributed by atoms with van der Waals surface area (Å²) < 4.78 is 0.550. The second kappa shape index (κ2) is 5.79. The number of phenols is 1. The van der Waals surface area contributed by atoms with Gasteiger partial charge in [-0.05, 0) is 57.9 Å². The second-order valence-corrected chi connectivity index (χ2v) is 5.89. The summed E-state index contributed by atoms with van der Waals surface area (Å²) in [5, 5.41) is 9.18. The molecule has 2 amide bonds. The van der Waals surface area contributed by atoms with Gasteiger partial charge >= 0.3 is 0 Å². The quantitative estimate of drug-likeness (QED) is 0.853. The number of amides is 2. The van der Waals surface area contributed by atoms with E-state index in [-0.39, 0.29) is 16.9 Å². The van der Waals surface area contributed by atoms with Crippen molar-refractivity contribution in [1.82, 2.24) is 4.90 Å². The van der Waals surface area contributed by atoms with Crippen LogP contribution in [0, 0.1) is 0 Å². The fraction of sp³-hybridized carbons (Fsp3) is 0.231. The highest BCUT2D eigenvalue weighted by atomic mass is 79.9. The Hall–Kier alpha value is -1.27. The van der Waals surface area contributed by atoms with E-state index in [9.17, 15) is 14.7 Å². The summed E-state index contributed by atoms with van der Waals surface area (Å²) in [5.41, 5.74) is 0.756. The third-order valence-electron chi connectivity index (χ3n) is 2.59. The van der Waals surface area contributed by atoms with Crippen LogP contribution in [0.4, 0.5) is 4.79 Å². The molecule has 0 spiro atoms. The lowest BCUT2D eigenvalue weighted by Crippen LogP contribution is -2.28. The molecule has 1 aromatic rings. The molecule has 0 aromatic heterocycles. The van der Waals surface area contributed by atoms with Crippen molar-refractivity contribution < 1.29 is 14.7 Å². The Kier molecular flexibility index (Phi) is 4.31. The molecule has 1 heterocycles. The first kappa shape index (κ1) is 14.1. The smallest absolute Gasteiger partial charge is 0.293 e. The van der Waals surface area contributed by atoms with Crippen LogP contribution in [0.5, 0.6) is 5.75 Å². The van der Waals surface area contributed by atoms with Gasteiger partial charge in [0.2, 0.25) is 0 Å². The minimum Gasteiger partial charge on any atom is -0.507 e. The van der Waals surface area contributed by atoms with Crippen LogP contribution in [0.2, 0.25) is 0 Å². The Bertz CT molecular complexity index is 571. The van der Waals surface area contributed by atoms with E-state index in [2.05, 4.69) is 15.9 Å². The summed E-state index contributed by atoms with van der Waals surface area (Å²) in [6, 6.07) is 4.92. The van der Waals surface area contributed by atoms with Crippen LogP contribution in [0.15, 0.2) is 27.6 Å². The van der Waals surface area contributed by atoms with Gasteiger partial charge in [-0.3, -0.25) is 14.5 Å². The number of benzene rings is 1. The van der Waals surface area contributed by atoms with Crippen molar-refractivity contribution in [2.45, 2.75) is 13.3 Å². The van der Waals surface area contributed by atoms with Crippen LogP contribution in [0.1, 0.15) is 18.9 Å². The number of aromatic hydroxyl groups is 1. The van der Waals surface area contributed by atoms with Gasteiger partial charge in [0, 0.05) is 6.54 Å². The number of carbonyl (C=O) groups excluding carboxylic acids is 2. The lowest BCUT2D eigenvalue weighted by Gasteiger charge is -2.09. The zero-order valence-corrected chi connectivity index (χ0v) is 12.6. The topological polar surface area (TPSA) is 57.6 Å². The molecule has 0 bridgehead atoms. The number of carbonyl (C=O) groups is 2. The molecule has 0 saturated carbocycles. The second-order valence-electron chi connectivity index (χ2n) is 4.04. The predicted molar refractivity (Wildman–Crippen MR) is 78.8 cm³/mol. The molecule has 1 aliphatic heterocycles. The van der Waals surface area contributed by atoms with Crippen molar-refractivity contribution in [1.29, 1.82) is 0 Å². The average Bonchev–Trinajstić information content (AvgIpc) is 2.62. The van der Waals surface area contributed by atoms with Gasteiger partial charge in [-0.2, -0.15) is 0 Å². The molecule has 0 radical (unpaired) electrons. The summed E-state index contributed by atoms with van der Waals surface area (Å²) in [4.78, 5) is 25.4. The van der Waals surface area contributed by atoms with Gasteiger partial charge in [0.1, 0.15) is 5.75 Å². The molecule has 19 heavy (non-hydrogen) atoms. The number of rotatable bonds is 3. The molecular formula is C13H12BrNO3S. The first-order valence-corrected chi connectivity index (χ1v) is 7.37. The molecule has 1 aromatic carbocycles. The van der Waals surface area contributed by atoms with Gasteiger partial charge in [-0.15, -0.1) is 0 Å². The largest absolute Gasteiger partial charge is 0.507 e. The molecule has 0 unspecified atom stereocenters. The Morgan fingerprint density at radius 2 is 2.16 bits per heavy atom. The molecule has 0 aliphatic carbocycles. The van der Waals surface area contributed by atoms with Crippen LogP contribution in [-0.4, -0.2) is 27.7 Å². The molecular weight excluding hydrogens is 330 g/mol. The Morgan fingerprint density at radius 1 is 1.42 bits per heavy atom. The summed E-state index contributed by atoms with van der Waals surface area (Å²) in [6.45, 7) is 2.37. The third-order valence-corrected chi connectivity index (χ3v) is 4.13. The van der Waals surface area contributed by atoms with Crippen LogP contribution in [0.25, 0.3) is 6.08 Å². The first-order valence-electron chi connectivity index (χ1n) is 5.77. The molecule has 1 saturated heterocycles. The normalized spacial score (nSPS) is 17.6. The van der Waals surface area contributed by atoms with Gasteiger partial charge in [0.25, 0.3) is 11.1 Å². The maximum absolute atomic E-state index is 12.0. The molecule has 1 fully saturated rings. The lowest BCUT2D eigenvalue weighted by molar-refractivity contribution is -0.122. The lowest BCUT2D eigenvalue weighted by atomic mass is 10.2. The maximum atomic E-state index is 12.0. The van der Waals surface area contributed by atoms with Gasteiger partial charge in [0.15, 0.2) is 0 Å². The van der Waals surface area contributed by atoms with Gasteiger partial charge in [-0.25, -0.2) is 0 Å². The molecule has 0 atom stereocenters. The molecule has 4 nitrogen and oxygen atoms in total. The minimum atomic E-state index is -0.249. The van der Waals surface area contributed by atoms with Crippen LogP contribution >= 0.6 is 27.7 Å². The highest BCUT2D eigenvalue weighted by Crippen LogP contribution is 2.33. The van der Waals surface area contributed by atoms with E-state index in [0.717, 1.165) is 23.7 Å². The number of halogens is 1. The zero-order chi connectivity index (χ0) is 14.0. The summed E-state index contributed by atoms with van der Waals surface area (Å²) >= 11 is 4.16. The number of thioether (sulfide) groups is 1. The summed E-state index contributed by atoms with van der Waals surface area (Å²) in [7, 11) is 0. The number of hydrogen-bond donors (Lipinski definition) is 1. The molecule has 1 aliphatic rings. The van der Waals surface area contributed by atoms with E-state index in [1.165, 1.54) is 11.0 Å². The van der Waals surface area contributed by atoms with Gasteiger partial charge in [-0.1, -0.05) is 13.0 Å². The monoisotopic (exact) mass is 341 g/mol. The van der Waals surface area contributed by atoms with Crippen LogP contribution < -0.4 is 0 Å². The van der Waals surface area contributed by atoms with E-state index in [0.29, 0.717) is 15.9 Å². The zero-order valence-electron chi connectivity index (χ0n) is 10.2. The van der Waals surface area contributed by atoms with E-state index < -0.39 is 0 Å². The van der Waals surface area contributed by atoms with Crippen molar-refractivity contribution in [3.8, 4) is 5.75 Å². The fourth-order valence-corrected chi connectivity index (χ4v) is 2.94. The fourth-order valence-electron chi connectivity index (χ4n) is 1.68. The van der Waals surface area contributed by atoms with E-state index in [4.69, 9.17) is 0 Å². The number of phenolic OH excluding ortho intramolecular Hbond substituents is 1. The maximum Gasteiger partial charge on any atom is 0.293 e. The standard InChI is InChI=1S/C13H12BrNO3S/c1-2-5-15-12(17)11(19-13(15)18)7-8-3-4-10(16)9(14)6-8/h3-4,6-7,16H,2,5H2,1H3. The first-order chi connectivity index (χ1) is 9.02. The predicted octanol–water partition coefficient (Wildman–Crippen LogP) is 3.60. The number of nitrogens with zero attached hydrogens (tertiary/aromatic N) is 1. The van der Waals surface area contributed by atoms with Gasteiger partial charge in [0.05, 0.1) is 9.38 Å². The molecule has 100 valence electrons. The van der Waals surface area contributed by atoms with Crippen LogP contribution in [-0.2, 0) is 4.79 Å². The SMILES string of the molecule is CCCN1C(=O)SC(=Cc2ccc(O)c(Br)c2)C1=O. The molecule has 2 rings (SSSR count). The number of imide groups is 1. The third kappa shape index (κ3) is 3.01. The summed E-state index contributed by atoms with van der Waals surface area (Å²) in [5.74, 6) is -0.114. The summed E-state index contributed by atoms with van der Waals surface area (Å²) in [6.07, 6.45) is 2.40. The minimum absolute atomic E-state index is 0.135. The highest BCUT2D eigenvalue weighted by Gasteiger charge is 2.34. The Labute approximate surface area is 123 Å². The molecule has 6 heteroatoms. The van der Waals surface area contributed by atoms with Crippen LogP contribution in [0.3, 0.4) is 0 Å². The molecule has 1 N–H and O–H groups in total. The highest BCUT2D eigenvalue weighted by molar-refractivity contribution is 9.10. The van der Waals surface area contributed by atoms with Crippen molar-refractivity contribution in [2.24, 2.45) is 0 Å². The van der Waals surface area contributed by atoms with Crippen molar-refractivity contribution in [3.05, 3.63) is 33.1 Å². The van der Waals surface area contributed by atoms with E-state index in [1.807, 2.05) is 6.92 Å². The van der Waals surface area contributed by atoms with Crippen molar-refractivity contribution in [2.75, 3.05) is 6.54 Å². The Balaban J connectivity index is 2.27. The van der Waals surface area contributed by atoms with Crippen molar-refractivity contribution >= 4 is 44.9 Å². The number of hydrogen-bond acceptors (Lipinski definition) is 4. The van der Waals surface area contributed by atoms with E-state index >= 15 is 0 Å². The van der Waals surface area contributed by atoms with E-state index in [1.54, 1.807) is 18.2 Å². The Morgan fingerprint density at radius 3 is 2.79 bits per heavy atom. The average molecular weight is 342 g/mol. The van der Waals surface area contributed by atoms with Gasteiger partial charge < -0.3 is 5.11 Å². The van der Waals surface area contributed by atoms with Crippen molar-refractivity contribution in [3.63, 3.8) is 0 Å².